The van der Waals surface area contributed by atoms with Crippen LogP contribution in [0.3, 0.4) is 0 Å². The van der Waals surface area contributed by atoms with Gasteiger partial charge in [0.15, 0.2) is 0 Å². The number of nitrogens with one attached hydrogen (secondary N) is 1. The molecule has 23 heavy (non-hydrogen) atoms. The van der Waals surface area contributed by atoms with Crippen LogP contribution in [0.25, 0.3) is 0 Å². The average Bonchev–Trinajstić information content (AvgIpc) is 3.05. The predicted molar refractivity (Wildman–Crippen MR) is 90.3 cm³/mol. The zero-order valence-electron chi connectivity index (χ0n) is 14.2. The fourth-order valence-electron chi connectivity index (χ4n) is 2.71. The lowest BCUT2D eigenvalue weighted by Gasteiger charge is -2.23. The summed E-state index contributed by atoms with van der Waals surface area (Å²) >= 11 is 0. The average molecular weight is 320 g/mol. The summed E-state index contributed by atoms with van der Waals surface area (Å²) in [5.41, 5.74) is 1.12. The summed E-state index contributed by atoms with van der Waals surface area (Å²) in [6, 6.07) is 10.1. The molecule has 1 aromatic rings. The van der Waals surface area contributed by atoms with Crippen molar-refractivity contribution >= 4 is 5.91 Å². The number of hydrogen-bond donors (Lipinski definition) is 1. The van der Waals surface area contributed by atoms with Gasteiger partial charge in [-0.15, -0.1) is 0 Å². The lowest BCUT2D eigenvalue weighted by molar-refractivity contribution is -0.123. The largest absolute Gasteiger partial charge is 0.378 e. The van der Waals surface area contributed by atoms with Crippen LogP contribution in [-0.2, 0) is 14.3 Å². The Kier molecular flexibility index (Phi) is 7.52. The van der Waals surface area contributed by atoms with Crippen LogP contribution in [-0.4, -0.2) is 57.4 Å². The van der Waals surface area contributed by atoms with E-state index in [0.29, 0.717) is 19.6 Å². The summed E-state index contributed by atoms with van der Waals surface area (Å²) in [6.45, 7) is 2.63. The molecule has 0 spiro atoms. The van der Waals surface area contributed by atoms with Gasteiger partial charge in [-0.25, -0.2) is 0 Å². The van der Waals surface area contributed by atoms with E-state index >= 15 is 0 Å². The molecule has 128 valence electrons. The maximum Gasteiger partial charge on any atom is 0.222 e. The van der Waals surface area contributed by atoms with Gasteiger partial charge >= 0.3 is 0 Å². The minimum atomic E-state index is -0.00290. The fraction of sp³-hybridized carbons (Fsp3) is 0.611. The molecule has 0 radical (unpaired) electrons. The highest BCUT2D eigenvalue weighted by atomic mass is 16.5. The first-order valence-corrected chi connectivity index (χ1v) is 8.33. The number of carbonyl (C=O) groups excluding carboxylic acids is 1. The number of hydrogen-bond acceptors (Lipinski definition) is 4. The summed E-state index contributed by atoms with van der Waals surface area (Å²) < 4.78 is 11.1. The molecule has 5 heteroatoms. The molecule has 2 unspecified atom stereocenters. The van der Waals surface area contributed by atoms with Gasteiger partial charge < -0.3 is 19.7 Å². The summed E-state index contributed by atoms with van der Waals surface area (Å²) in [7, 11) is 4.01. The van der Waals surface area contributed by atoms with Crippen LogP contribution < -0.4 is 5.32 Å². The van der Waals surface area contributed by atoms with E-state index in [1.165, 1.54) is 0 Å². The first-order chi connectivity index (χ1) is 11.1. The van der Waals surface area contributed by atoms with Crippen LogP contribution in [0.4, 0.5) is 0 Å². The smallest absolute Gasteiger partial charge is 0.222 e. The Morgan fingerprint density at radius 3 is 2.83 bits per heavy atom. The number of ether oxygens (including phenoxy) is 2. The highest BCUT2D eigenvalue weighted by Crippen LogP contribution is 2.14. The number of amides is 1. The third-order valence-corrected chi connectivity index (χ3v) is 3.89. The number of nitrogens with zero attached hydrogens (tertiary/aromatic N) is 1. The molecule has 1 aromatic carbocycles. The minimum Gasteiger partial charge on any atom is -0.378 e. The van der Waals surface area contributed by atoms with Crippen molar-refractivity contribution in [3.8, 4) is 0 Å². The van der Waals surface area contributed by atoms with Crippen molar-refractivity contribution in [3.63, 3.8) is 0 Å². The first-order valence-electron chi connectivity index (χ1n) is 8.33. The monoisotopic (exact) mass is 320 g/mol. The predicted octanol–water partition coefficient (Wildman–Crippen LogP) is 1.99. The van der Waals surface area contributed by atoms with Gasteiger partial charge in [-0.1, -0.05) is 30.3 Å². The Morgan fingerprint density at radius 1 is 1.39 bits per heavy atom. The summed E-state index contributed by atoms with van der Waals surface area (Å²) in [5.74, 6) is 0.0213. The molecule has 1 aliphatic rings. The molecule has 0 aliphatic carbocycles. The quantitative estimate of drug-likeness (QED) is 0.707. The SMILES string of the molecule is CN(C)CC(NC(=O)CCOCC1CCCO1)c1ccccc1. The van der Waals surface area contributed by atoms with Gasteiger partial charge in [-0.2, -0.15) is 0 Å². The van der Waals surface area contributed by atoms with Crippen molar-refractivity contribution < 1.29 is 14.3 Å². The van der Waals surface area contributed by atoms with Gasteiger partial charge in [-0.05, 0) is 32.5 Å². The second-order valence-corrected chi connectivity index (χ2v) is 6.25. The minimum absolute atomic E-state index is 0.00290. The summed E-state index contributed by atoms with van der Waals surface area (Å²) in [6.07, 6.45) is 2.76. The topological polar surface area (TPSA) is 50.8 Å². The number of rotatable bonds is 9. The Hall–Kier alpha value is -1.43. The van der Waals surface area contributed by atoms with Crippen molar-refractivity contribution in [1.29, 1.82) is 0 Å². The maximum atomic E-state index is 12.2. The van der Waals surface area contributed by atoms with Gasteiger partial charge in [0.25, 0.3) is 0 Å². The third-order valence-electron chi connectivity index (χ3n) is 3.89. The molecule has 0 bridgehead atoms. The molecule has 1 N–H and O–H groups in total. The maximum absolute atomic E-state index is 12.2. The lowest BCUT2D eigenvalue weighted by atomic mass is 10.1. The van der Waals surface area contributed by atoms with E-state index in [2.05, 4.69) is 10.2 Å². The van der Waals surface area contributed by atoms with Gasteiger partial charge in [0.1, 0.15) is 0 Å². The summed E-state index contributed by atoms with van der Waals surface area (Å²) in [4.78, 5) is 14.2. The molecule has 1 aliphatic heterocycles. The van der Waals surface area contributed by atoms with E-state index in [-0.39, 0.29) is 18.1 Å². The normalized spacial score (nSPS) is 19.0. The van der Waals surface area contributed by atoms with E-state index in [1.54, 1.807) is 0 Å². The Bertz CT molecular complexity index is 459. The first kappa shape index (κ1) is 17.9. The highest BCUT2D eigenvalue weighted by molar-refractivity contribution is 5.76. The fourth-order valence-corrected chi connectivity index (χ4v) is 2.71. The molecule has 2 rings (SSSR count). The Balaban J connectivity index is 1.73. The van der Waals surface area contributed by atoms with Crippen LogP contribution in [0.15, 0.2) is 30.3 Å². The van der Waals surface area contributed by atoms with E-state index in [4.69, 9.17) is 9.47 Å². The Morgan fingerprint density at radius 2 is 2.17 bits per heavy atom. The molecule has 5 nitrogen and oxygen atoms in total. The third kappa shape index (κ3) is 6.69. The van der Waals surface area contributed by atoms with E-state index in [9.17, 15) is 4.79 Å². The van der Waals surface area contributed by atoms with E-state index < -0.39 is 0 Å². The Labute approximate surface area is 139 Å². The van der Waals surface area contributed by atoms with Crippen LogP contribution in [0.5, 0.6) is 0 Å². The molecule has 2 atom stereocenters. The zero-order chi connectivity index (χ0) is 16.5. The molecule has 0 aromatic heterocycles. The van der Waals surface area contributed by atoms with Crippen molar-refractivity contribution in [2.24, 2.45) is 0 Å². The lowest BCUT2D eigenvalue weighted by Crippen LogP contribution is -2.35. The van der Waals surface area contributed by atoms with Crippen molar-refractivity contribution in [3.05, 3.63) is 35.9 Å². The number of carbonyl (C=O) groups is 1. The van der Waals surface area contributed by atoms with Crippen LogP contribution in [0.1, 0.15) is 30.9 Å². The zero-order valence-corrected chi connectivity index (χ0v) is 14.2. The molecular formula is C18H28N2O3. The van der Waals surface area contributed by atoms with Crippen LogP contribution in [0.2, 0.25) is 0 Å². The molecule has 1 heterocycles. The molecule has 0 saturated carbocycles. The second-order valence-electron chi connectivity index (χ2n) is 6.25. The van der Waals surface area contributed by atoms with Crippen LogP contribution in [0, 0.1) is 0 Å². The van der Waals surface area contributed by atoms with Gasteiger partial charge in [-0.3, -0.25) is 4.79 Å². The van der Waals surface area contributed by atoms with Gasteiger partial charge in [0.05, 0.1) is 25.4 Å². The van der Waals surface area contributed by atoms with Crippen molar-refractivity contribution in [1.82, 2.24) is 10.2 Å². The molecular weight excluding hydrogens is 292 g/mol. The molecule has 1 saturated heterocycles. The van der Waals surface area contributed by atoms with Crippen LogP contribution >= 0.6 is 0 Å². The number of benzene rings is 1. The molecule has 1 fully saturated rings. The second kappa shape index (κ2) is 9.65. The highest BCUT2D eigenvalue weighted by Gasteiger charge is 2.17. The van der Waals surface area contributed by atoms with Gasteiger partial charge in [0, 0.05) is 19.6 Å². The summed E-state index contributed by atoms with van der Waals surface area (Å²) in [5, 5.41) is 3.10. The van der Waals surface area contributed by atoms with Gasteiger partial charge in [0.2, 0.25) is 5.91 Å². The van der Waals surface area contributed by atoms with Crippen molar-refractivity contribution in [2.75, 3.05) is 40.5 Å². The standard InChI is InChI=1S/C18H28N2O3/c1-20(2)13-17(15-7-4-3-5-8-15)19-18(21)10-12-22-14-16-9-6-11-23-16/h3-5,7-8,16-17H,6,9-14H2,1-2H3,(H,19,21). The number of likely N-dealkylation sites (N-methyl/N-ethyl adjacent to an activating group) is 1. The van der Waals surface area contributed by atoms with E-state index in [1.807, 2.05) is 44.4 Å². The molecule has 1 amide bonds. The van der Waals surface area contributed by atoms with Crippen molar-refractivity contribution in [2.45, 2.75) is 31.4 Å². The van der Waals surface area contributed by atoms with E-state index in [0.717, 1.165) is 31.6 Å².